The van der Waals surface area contributed by atoms with Crippen molar-refractivity contribution in [3.63, 3.8) is 0 Å². The SMILES string of the molecule is O=C(ON1C(=O)CCC1=O)c1ccc([I-]c2cccs2)cc1. The van der Waals surface area contributed by atoms with Gasteiger partial charge in [0, 0.05) is 0 Å². The second kappa shape index (κ2) is 6.57. The third kappa shape index (κ3) is 3.36. The number of amides is 2. The van der Waals surface area contributed by atoms with E-state index in [1.807, 2.05) is 23.6 Å². The number of thiophene rings is 1. The maximum atomic E-state index is 12.0. The van der Waals surface area contributed by atoms with E-state index < -0.39 is 17.8 Å². The molecule has 7 heteroatoms. The molecule has 2 amide bonds. The standard InChI is InChI=1S/C15H11INO4S/c18-13-7-8-14(19)17(13)21-15(20)10-3-5-11(6-4-10)16-12-2-1-9-22-12/h1-6,9H,7-8H2/q-1. The van der Waals surface area contributed by atoms with Crippen molar-refractivity contribution in [2.45, 2.75) is 12.8 Å². The van der Waals surface area contributed by atoms with Crippen molar-refractivity contribution in [3.05, 3.63) is 53.8 Å². The third-order valence-corrected chi connectivity index (χ3v) is 7.12. The van der Waals surface area contributed by atoms with Gasteiger partial charge in [-0.3, -0.25) is 0 Å². The van der Waals surface area contributed by atoms with Crippen LogP contribution in [0.1, 0.15) is 23.2 Å². The molecule has 114 valence electrons. The second-order valence-corrected chi connectivity index (χ2v) is 9.11. The Morgan fingerprint density at radius 1 is 1.09 bits per heavy atom. The van der Waals surface area contributed by atoms with Crippen molar-refractivity contribution in [2.75, 3.05) is 0 Å². The van der Waals surface area contributed by atoms with Gasteiger partial charge in [0.25, 0.3) is 0 Å². The Kier molecular flexibility index (Phi) is 4.53. The summed E-state index contributed by atoms with van der Waals surface area (Å²) in [6.07, 6.45) is 0.187. The summed E-state index contributed by atoms with van der Waals surface area (Å²) < 4.78 is 2.54. The summed E-state index contributed by atoms with van der Waals surface area (Å²) in [6, 6.07) is 11.2. The molecular formula is C15H11INO4S-. The molecule has 1 saturated heterocycles. The van der Waals surface area contributed by atoms with Crippen LogP contribution in [0.3, 0.4) is 0 Å². The first kappa shape index (κ1) is 15.2. The van der Waals surface area contributed by atoms with E-state index >= 15 is 0 Å². The van der Waals surface area contributed by atoms with Crippen LogP contribution in [0.2, 0.25) is 0 Å². The molecule has 0 unspecified atom stereocenters. The molecule has 2 aromatic rings. The van der Waals surface area contributed by atoms with Crippen LogP contribution >= 0.6 is 11.3 Å². The molecule has 1 aliphatic rings. The predicted molar refractivity (Wildman–Crippen MR) is 74.7 cm³/mol. The van der Waals surface area contributed by atoms with Gasteiger partial charge in [0.1, 0.15) is 0 Å². The average Bonchev–Trinajstić information content (AvgIpc) is 3.13. The number of nitrogens with zero attached hydrogens (tertiary/aromatic N) is 1. The van der Waals surface area contributed by atoms with Gasteiger partial charge in [-0.1, -0.05) is 0 Å². The van der Waals surface area contributed by atoms with Gasteiger partial charge in [-0.05, 0) is 0 Å². The first-order chi connectivity index (χ1) is 10.6. The molecule has 0 spiro atoms. The van der Waals surface area contributed by atoms with Crippen LogP contribution in [0, 0.1) is 6.45 Å². The van der Waals surface area contributed by atoms with Gasteiger partial charge in [0.15, 0.2) is 0 Å². The number of hydrogen-bond donors (Lipinski definition) is 0. The Labute approximate surface area is 141 Å². The molecule has 0 bridgehead atoms. The number of carbonyl (C=O) groups excluding carboxylic acids is 3. The fraction of sp³-hybridized carbons (Fsp3) is 0.133. The van der Waals surface area contributed by atoms with Gasteiger partial charge in [-0.25, -0.2) is 0 Å². The number of halogens is 1. The van der Waals surface area contributed by atoms with Crippen LogP contribution in [0.15, 0.2) is 41.8 Å². The summed E-state index contributed by atoms with van der Waals surface area (Å²) in [5.74, 6) is -1.64. The Morgan fingerprint density at radius 3 is 2.36 bits per heavy atom. The zero-order valence-corrected chi connectivity index (χ0v) is 14.3. The van der Waals surface area contributed by atoms with Crippen molar-refractivity contribution in [3.8, 4) is 0 Å². The normalized spacial score (nSPS) is 14.6. The van der Waals surface area contributed by atoms with E-state index in [0.29, 0.717) is 10.6 Å². The van der Waals surface area contributed by atoms with E-state index in [1.165, 1.54) is 6.45 Å². The summed E-state index contributed by atoms with van der Waals surface area (Å²) in [7, 11) is 0. The molecule has 3 rings (SSSR count). The van der Waals surface area contributed by atoms with Crippen LogP contribution in [-0.4, -0.2) is 22.8 Å². The summed E-state index contributed by atoms with van der Waals surface area (Å²) in [5, 5.41) is 2.61. The van der Waals surface area contributed by atoms with Gasteiger partial charge in [-0.2, -0.15) is 0 Å². The van der Waals surface area contributed by atoms with Crippen LogP contribution in [0.5, 0.6) is 0 Å². The third-order valence-electron chi connectivity index (χ3n) is 2.95. The molecular weight excluding hydrogens is 417 g/mol. The molecule has 22 heavy (non-hydrogen) atoms. The van der Waals surface area contributed by atoms with E-state index in [1.54, 1.807) is 23.5 Å². The molecule has 0 saturated carbocycles. The molecule has 1 fully saturated rings. The quantitative estimate of drug-likeness (QED) is 0.468. The Morgan fingerprint density at radius 2 is 1.77 bits per heavy atom. The average molecular weight is 428 g/mol. The zero-order chi connectivity index (χ0) is 15.5. The van der Waals surface area contributed by atoms with Crippen molar-refractivity contribution >= 4 is 29.1 Å². The molecule has 5 nitrogen and oxygen atoms in total. The fourth-order valence-corrected chi connectivity index (χ4v) is 5.49. The Balaban J connectivity index is 1.66. The van der Waals surface area contributed by atoms with Crippen molar-refractivity contribution in [1.29, 1.82) is 0 Å². The number of carbonyl (C=O) groups is 3. The summed E-state index contributed by atoms with van der Waals surface area (Å²) in [5.41, 5.74) is 0.325. The molecule has 0 atom stereocenters. The van der Waals surface area contributed by atoms with Gasteiger partial charge in [-0.15, -0.1) is 0 Å². The van der Waals surface area contributed by atoms with Gasteiger partial charge < -0.3 is 0 Å². The predicted octanol–water partition coefficient (Wildman–Crippen LogP) is -0.903. The second-order valence-electron chi connectivity index (χ2n) is 4.48. The molecule has 0 radical (unpaired) electrons. The van der Waals surface area contributed by atoms with Crippen LogP contribution in [0.4, 0.5) is 0 Å². The summed E-state index contributed by atoms with van der Waals surface area (Å²) in [4.78, 5) is 39.7. The summed E-state index contributed by atoms with van der Waals surface area (Å²) in [6.45, 7) is 0. The Hall–Kier alpha value is -1.74. The minimum absolute atomic E-state index is 0.0936. The topological polar surface area (TPSA) is 63.7 Å². The number of hydroxylamine groups is 2. The molecule has 1 aliphatic heterocycles. The van der Waals surface area contributed by atoms with Crippen LogP contribution < -0.4 is 21.2 Å². The maximum absolute atomic E-state index is 12.0. The van der Waals surface area contributed by atoms with Crippen molar-refractivity contribution in [1.82, 2.24) is 5.06 Å². The molecule has 0 N–H and O–H groups in total. The first-order valence-electron chi connectivity index (χ1n) is 6.50. The van der Waals surface area contributed by atoms with Crippen molar-refractivity contribution in [2.24, 2.45) is 0 Å². The number of benzene rings is 1. The molecule has 1 aromatic carbocycles. The van der Waals surface area contributed by atoms with Crippen LogP contribution in [0.25, 0.3) is 0 Å². The molecule has 1 aromatic heterocycles. The molecule has 2 heterocycles. The van der Waals surface area contributed by atoms with Gasteiger partial charge >= 0.3 is 141 Å². The monoisotopic (exact) mass is 428 g/mol. The fourth-order valence-electron chi connectivity index (χ4n) is 1.86. The van der Waals surface area contributed by atoms with Gasteiger partial charge in [0.05, 0.1) is 0 Å². The van der Waals surface area contributed by atoms with Gasteiger partial charge in [0.2, 0.25) is 0 Å². The van der Waals surface area contributed by atoms with E-state index in [0.717, 1.165) is 0 Å². The van der Waals surface area contributed by atoms with E-state index in [2.05, 4.69) is 6.07 Å². The van der Waals surface area contributed by atoms with E-state index in [-0.39, 0.29) is 34.0 Å². The van der Waals surface area contributed by atoms with Crippen molar-refractivity contribution < 1.29 is 40.4 Å². The minimum atomic E-state index is -0.690. The first-order valence-corrected chi connectivity index (χ1v) is 9.54. The zero-order valence-electron chi connectivity index (χ0n) is 11.3. The number of hydrogen-bond acceptors (Lipinski definition) is 5. The Bertz CT molecular complexity index is 696. The summed E-state index contributed by atoms with van der Waals surface area (Å²) >= 11 is 1.48. The molecule has 0 aliphatic carbocycles. The number of rotatable bonds is 4. The van der Waals surface area contributed by atoms with E-state index in [4.69, 9.17) is 4.84 Å². The van der Waals surface area contributed by atoms with Crippen LogP contribution in [-0.2, 0) is 14.4 Å². The number of imide groups is 1. The van der Waals surface area contributed by atoms with E-state index in [9.17, 15) is 14.4 Å².